The first-order chi connectivity index (χ1) is 7.15. The van der Waals surface area contributed by atoms with Gasteiger partial charge in [-0.3, -0.25) is 0 Å². The van der Waals surface area contributed by atoms with Crippen molar-refractivity contribution < 1.29 is 4.74 Å². The summed E-state index contributed by atoms with van der Waals surface area (Å²) < 4.78 is 6.38. The van der Waals surface area contributed by atoms with Crippen LogP contribution in [0.3, 0.4) is 0 Å². The molecule has 1 aliphatic heterocycles. The molecule has 0 radical (unpaired) electrons. The number of hydrogen-bond acceptors (Lipinski definition) is 3. The van der Waals surface area contributed by atoms with Gasteiger partial charge in [0.15, 0.2) is 0 Å². The van der Waals surface area contributed by atoms with Crippen LogP contribution in [0.15, 0.2) is 4.47 Å². The molecule has 1 aromatic heterocycles. The molecule has 0 saturated heterocycles. The van der Waals surface area contributed by atoms with E-state index < -0.39 is 0 Å². The Morgan fingerprint density at radius 2 is 2.20 bits per heavy atom. The second-order valence-electron chi connectivity index (χ2n) is 3.88. The maximum atomic E-state index is 5.27. The van der Waals surface area contributed by atoms with Gasteiger partial charge in [-0.05, 0) is 35.7 Å². The second-order valence-corrected chi connectivity index (χ2v) is 4.67. The molecule has 4 heteroatoms. The van der Waals surface area contributed by atoms with Crippen LogP contribution in [-0.4, -0.2) is 25.7 Å². The fourth-order valence-corrected chi connectivity index (χ4v) is 2.72. The zero-order valence-corrected chi connectivity index (χ0v) is 10.9. The molecule has 82 valence electrons. The van der Waals surface area contributed by atoms with Crippen molar-refractivity contribution in [2.24, 2.45) is 0 Å². The molecular weight excluding hydrogens is 256 g/mol. The monoisotopic (exact) mass is 270 g/mol. The number of halogens is 1. The van der Waals surface area contributed by atoms with Gasteiger partial charge < -0.3 is 9.64 Å². The normalized spacial score (nSPS) is 15.1. The molecule has 3 nitrogen and oxygen atoms in total. The molecule has 0 aliphatic carbocycles. The van der Waals surface area contributed by atoms with Gasteiger partial charge in [0.1, 0.15) is 0 Å². The van der Waals surface area contributed by atoms with Crippen molar-refractivity contribution >= 4 is 21.6 Å². The second kappa shape index (κ2) is 4.00. The Kier molecular flexibility index (Phi) is 2.87. The molecule has 0 amide bonds. The Morgan fingerprint density at radius 3 is 2.87 bits per heavy atom. The van der Waals surface area contributed by atoms with Gasteiger partial charge in [0.25, 0.3) is 0 Å². The van der Waals surface area contributed by atoms with Gasteiger partial charge in [-0.25, -0.2) is 4.98 Å². The Bertz CT molecular complexity index is 393. The molecule has 0 fully saturated rings. The minimum absolute atomic E-state index is 0.732. The summed E-state index contributed by atoms with van der Waals surface area (Å²) in [5, 5.41) is 0. The van der Waals surface area contributed by atoms with Crippen molar-refractivity contribution in [2.45, 2.75) is 19.8 Å². The van der Waals surface area contributed by atoms with Crippen molar-refractivity contribution in [3.05, 3.63) is 15.7 Å². The lowest BCUT2D eigenvalue weighted by Gasteiger charge is -2.29. The first-order valence-electron chi connectivity index (χ1n) is 5.09. The molecular formula is C11H15BrN2O. The highest BCUT2D eigenvalue weighted by molar-refractivity contribution is 9.10. The van der Waals surface area contributed by atoms with Crippen LogP contribution in [0.25, 0.3) is 0 Å². The van der Waals surface area contributed by atoms with Gasteiger partial charge in [-0.1, -0.05) is 0 Å². The number of pyridine rings is 1. The number of methoxy groups -OCH3 is 1. The fourth-order valence-electron chi connectivity index (χ4n) is 2.01. The van der Waals surface area contributed by atoms with E-state index in [4.69, 9.17) is 4.74 Å². The molecule has 2 heterocycles. The summed E-state index contributed by atoms with van der Waals surface area (Å²) in [7, 11) is 3.77. The smallest absolute Gasteiger partial charge is 0.217 e. The van der Waals surface area contributed by atoms with Crippen LogP contribution in [0.5, 0.6) is 5.88 Å². The van der Waals surface area contributed by atoms with E-state index >= 15 is 0 Å². The van der Waals surface area contributed by atoms with Crippen LogP contribution in [0.2, 0.25) is 0 Å². The molecule has 0 atom stereocenters. The minimum Gasteiger partial charge on any atom is -0.481 e. The number of nitrogens with zero attached hydrogens (tertiary/aromatic N) is 2. The van der Waals surface area contributed by atoms with Crippen molar-refractivity contribution in [2.75, 3.05) is 25.6 Å². The third kappa shape index (κ3) is 1.71. The number of fused-ring (bicyclic) bond motifs is 1. The van der Waals surface area contributed by atoms with E-state index in [0.717, 1.165) is 41.0 Å². The molecule has 1 aromatic rings. The van der Waals surface area contributed by atoms with Crippen molar-refractivity contribution in [1.29, 1.82) is 0 Å². The van der Waals surface area contributed by atoms with Gasteiger partial charge in [0.05, 0.1) is 23.0 Å². The maximum absolute atomic E-state index is 5.27. The van der Waals surface area contributed by atoms with Crippen LogP contribution in [0.4, 0.5) is 5.69 Å². The molecule has 0 bridgehead atoms. The number of aryl methyl sites for hydroxylation is 1. The van der Waals surface area contributed by atoms with Gasteiger partial charge in [0, 0.05) is 19.2 Å². The average molecular weight is 271 g/mol. The SMILES string of the molecule is COc1nc2c(c(Br)c1C)N(C)CCC2. The first kappa shape index (κ1) is 10.7. The van der Waals surface area contributed by atoms with Crippen molar-refractivity contribution in [1.82, 2.24) is 4.98 Å². The number of ether oxygens (including phenoxy) is 1. The third-order valence-electron chi connectivity index (χ3n) is 2.85. The summed E-state index contributed by atoms with van der Waals surface area (Å²) in [5.41, 5.74) is 3.43. The molecule has 15 heavy (non-hydrogen) atoms. The van der Waals surface area contributed by atoms with Crippen LogP contribution >= 0.6 is 15.9 Å². The number of aromatic nitrogens is 1. The minimum atomic E-state index is 0.732. The lowest BCUT2D eigenvalue weighted by molar-refractivity contribution is 0.392. The molecule has 1 aliphatic rings. The Labute approximate surface area is 98.6 Å². The molecule has 0 saturated carbocycles. The standard InChI is InChI=1S/C11H15BrN2O/c1-7-9(12)10-8(13-11(7)15-3)5-4-6-14(10)2/h4-6H2,1-3H3. The number of hydrogen-bond donors (Lipinski definition) is 0. The number of anilines is 1. The van der Waals surface area contributed by atoms with Crippen LogP contribution in [0, 0.1) is 6.92 Å². The van der Waals surface area contributed by atoms with E-state index in [0.29, 0.717) is 0 Å². The lowest BCUT2D eigenvalue weighted by Crippen LogP contribution is -2.26. The molecule has 0 unspecified atom stereocenters. The average Bonchev–Trinajstić information content (AvgIpc) is 2.23. The summed E-state index contributed by atoms with van der Waals surface area (Å²) in [6, 6.07) is 0. The molecule has 0 spiro atoms. The predicted octanol–water partition coefficient (Wildman–Crippen LogP) is 2.54. The lowest BCUT2D eigenvalue weighted by atomic mass is 10.1. The molecule has 2 rings (SSSR count). The van der Waals surface area contributed by atoms with Gasteiger partial charge in [-0.15, -0.1) is 0 Å². The highest BCUT2D eigenvalue weighted by Crippen LogP contribution is 2.38. The van der Waals surface area contributed by atoms with E-state index in [1.807, 2.05) is 6.92 Å². The predicted molar refractivity (Wildman–Crippen MR) is 64.8 cm³/mol. The zero-order chi connectivity index (χ0) is 11.0. The highest BCUT2D eigenvalue weighted by atomic mass is 79.9. The van der Waals surface area contributed by atoms with Crippen LogP contribution < -0.4 is 9.64 Å². The van der Waals surface area contributed by atoms with E-state index in [1.165, 1.54) is 5.69 Å². The van der Waals surface area contributed by atoms with Gasteiger partial charge in [0.2, 0.25) is 5.88 Å². The maximum Gasteiger partial charge on any atom is 0.217 e. The van der Waals surface area contributed by atoms with Gasteiger partial charge in [-0.2, -0.15) is 0 Å². The summed E-state index contributed by atoms with van der Waals surface area (Å²) in [6.07, 6.45) is 2.20. The third-order valence-corrected chi connectivity index (χ3v) is 3.82. The van der Waals surface area contributed by atoms with Crippen LogP contribution in [-0.2, 0) is 6.42 Å². The fraction of sp³-hybridized carbons (Fsp3) is 0.545. The van der Waals surface area contributed by atoms with E-state index in [2.05, 4.69) is 32.9 Å². The quantitative estimate of drug-likeness (QED) is 0.784. The topological polar surface area (TPSA) is 25.4 Å². The summed E-state index contributed by atoms with van der Waals surface area (Å²) in [4.78, 5) is 6.80. The Hall–Kier alpha value is -0.770. The number of rotatable bonds is 1. The zero-order valence-electron chi connectivity index (χ0n) is 9.30. The van der Waals surface area contributed by atoms with E-state index in [9.17, 15) is 0 Å². The Morgan fingerprint density at radius 1 is 1.47 bits per heavy atom. The molecule has 0 aromatic carbocycles. The summed E-state index contributed by atoms with van der Waals surface area (Å²) in [5.74, 6) is 0.732. The van der Waals surface area contributed by atoms with Crippen molar-refractivity contribution in [3.63, 3.8) is 0 Å². The summed E-state index contributed by atoms with van der Waals surface area (Å²) >= 11 is 3.64. The largest absolute Gasteiger partial charge is 0.481 e. The van der Waals surface area contributed by atoms with E-state index in [1.54, 1.807) is 7.11 Å². The van der Waals surface area contributed by atoms with Crippen LogP contribution in [0.1, 0.15) is 17.7 Å². The van der Waals surface area contributed by atoms with Gasteiger partial charge >= 0.3 is 0 Å². The first-order valence-corrected chi connectivity index (χ1v) is 5.88. The highest BCUT2D eigenvalue weighted by Gasteiger charge is 2.21. The van der Waals surface area contributed by atoms with E-state index in [-0.39, 0.29) is 0 Å². The summed E-state index contributed by atoms with van der Waals surface area (Å²) in [6.45, 7) is 3.12. The Balaban J connectivity index is 2.61. The molecule has 0 N–H and O–H groups in total. The van der Waals surface area contributed by atoms with Crippen molar-refractivity contribution in [3.8, 4) is 5.88 Å².